The van der Waals surface area contributed by atoms with Gasteiger partial charge in [-0.25, -0.2) is 13.1 Å². The number of benzene rings is 2. The van der Waals surface area contributed by atoms with E-state index in [9.17, 15) is 8.42 Å². The first-order valence-corrected chi connectivity index (χ1v) is 12.5. The van der Waals surface area contributed by atoms with Crippen molar-refractivity contribution in [3.63, 3.8) is 0 Å². The molecule has 1 unspecified atom stereocenters. The lowest BCUT2D eigenvalue weighted by Gasteiger charge is -2.59. The number of rotatable bonds is 5. The van der Waals surface area contributed by atoms with Crippen molar-refractivity contribution in [1.29, 1.82) is 0 Å². The zero-order valence-corrected chi connectivity index (χ0v) is 17.9. The molecule has 28 heavy (non-hydrogen) atoms. The molecule has 0 radical (unpaired) electrons. The normalized spacial score (nSPS) is 32.7. The van der Waals surface area contributed by atoms with E-state index in [1.165, 1.54) is 38.5 Å². The van der Waals surface area contributed by atoms with Crippen molar-refractivity contribution in [1.82, 2.24) is 4.72 Å². The van der Waals surface area contributed by atoms with Gasteiger partial charge in [0.25, 0.3) is 0 Å². The van der Waals surface area contributed by atoms with E-state index in [1.54, 1.807) is 12.1 Å². The van der Waals surface area contributed by atoms with E-state index in [0.717, 1.165) is 29.6 Å². The predicted octanol–water partition coefficient (Wildman–Crippen LogP) is 5.77. The molecular weight excluding hydrogens is 390 g/mol. The lowest BCUT2D eigenvalue weighted by Crippen LogP contribution is -2.56. The second-order valence-corrected chi connectivity index (χ2v) is 11.5. The van der Waals surface area contributed by atoms with Gasteiger partial charge in [0.2, 0.25) is 10.0 Å². The molecule has 0 amide bonds. The van der Waals surface area contributed by atoms with Gasteiger partial charge < -0.3 is 0 Å². The zero-order valence-electron chi connectivity index (χ0n) is 16.3. The van der Waals surface area contributed by atoms with E-state index >= 15 is 0 Å². The molecule has 4 fully saturated rings. The zero-order chi connectivity index (χ0) is 19.5. The van der Waals surface area contributed by atoms with Crippen LogP contribution in [0.3, 0.4) is 0 Å². The maximum Gasteiger partial charge on any atom is 0.241 e. The third kappa shape index (κ3) is 3.00. The summed E-state index contributed by atoms with van der Waals surface area (Å²) in [5.74, 6) is 2.42. The summed E-state index contributed by atoms with van der Waals surface area (Å²) in [7, 11) is -3.62. The van der Waals surface area contributed by atoms with Gasteiger partial charge in [0, 0.05) is 21.8 Å². The fraction of sp³-hybridized carbons (Fsp3) is 0.565. The van der Waals surface area contributed by atoms with Crippen LogP contribution in [-0.2, 0) is 10.0 Å². The van der Waals surface area contributed by atoms with Crippen LogP contribution in [0.1, 0.15) is 51.9 Å². The third-order valence-electron chi connectivity index (χ3n) is 7.65. The molecule has 4 aliphatic rings. The Kier molecular flexibility index (Phi) is 4.53. The summed E-state index contributed by atoms with van der Waals surface area (Å²) in [6.45, 7) is 2.13. The Morgan fingerprint density at radius 3 is 2.14 bits per heavy atom. The molecule has 4 bridgehead atoms. The van der Waals surface area contributed by atoms with Crippen LogP contribution >= 0.6 is 11.6 Å². The van der Waals surface area contributed by atoms with Crippen molar-refractivity contribution in [3.8, 4) is 0 Å². The molecule has 0 spiro atoms. The Labute approximate surface area is 172 Å². The molecule has 5 heteroatoms. The largest absolute Gasteiger partial charge is 0.241 e. The van der Waals surface area contributed by atoms with Crippen molar-refractivity contribution < 1.29 is 8.42 Å². The first-order valence-electron chi connectivity index (χ1n) is 10.6. The minimum absolute atomic E-state index is 0.0142. The maximum atomic E-state index is 13.5. The molecule has 6 rings (SSSR count). The molecule has 2 aromatic rings. The van der Waals surface area contributed by atoms with Crippen LogP contribution < -0.4 is 4.72 Å². The fourth-order valence-electron chi connectivity index (χ4n) is 6.97. The second kappa shape index (κ2) is 6.72. The highest BCUT2D eigenvalue weighted by Crippen LogP contribution is 2.61. The van der Waals surface area contributed by atoms with E-state index in [2.05, 4.69) is 11.6 Å². The van der Waals surface area contributed by atoms with Crippen molar-refractivity contribution in [3.05, 3.63) is 41.4 Å². The van der Waals surface area contributed by atoms with Gasteiger partial charge in [-0.3, -0.25) is 0 Å². The van der Waals surface area contributed by atoms with Crippen LogP contribution in [0.4, 0.5) is 0 Å². The summed E-state index contributed by atoms with van der Waals surface area (Å²) in [5.41, 5.74) is 0.152. The lowest BCUT2D eigenvalue weighted by atomic mass is 9.47. The second-order valence-electron chi connectivity index (χ2n) is 9.45. The third-order valence-corrected chi connectivity index (χ3v) is 9.51. The standard InChI is InChI=1S/C23H28ClNO2S/c1-2-22(23-12-15-9-16(13-23)11-17(10-15)14-23)25-28(26,27)21-8-7-20(24)18-5-3-4-6-19(18)21/h3-8,15-17,22,25H,2,9-14H2,1H3. The van der Waals surface area contributed by atoms with E-state index in [4.69, 9.17) is 11.6 Å². The Bertz CT molecular complexity index is 981. The SMILES string of the molecule is CCC(NS(=O)(=O)c1ccc(Cl)c2ccccc12)C12CC3CC(CC(C3)C1)C2. The Morgan fingerprint density at radius 1 is 1.00 bits per heavy atom. The summed E-state index contributed by atoms with van der Waals surface area (Å²) in [6, 6.07) is 10.9. The molecular formula is C23H28ClNO2S. The molecule has 150 valence electrons. The van der Waals surface area contributed by atoms with Crippen LogP contribution in [0.25, 0.3) is 10.8 Å². The van der Waals surface area contributed by atoms with Gasteiger partial charge in [0.15, 0.2) is 0 Å². The van der Waals surface area contributed by atoms with Crippen molar-refractivity contribution in [2.45, 2.75) is 62.8 Å². The van der Waals surface area contributed by atoms with Gasteiger partial charge in [-0.1, -0.05) is 42.8 Å². The summed E-state index contributed by atoms with van der Waals surface area (Å²) in [6.07, 6.45) is 8.53. The molecule has 2 aromatic carbocycles. The molecule has 0 saturated heterocycles. The van der Waals surface area contributed by atoms with Crippen molar-refractivity contribution in [2.75, 3.05) is 0 Å². The van der Waals surface area contributed by atoms with Gasteiger partial charge in [-0.2, -0.15) is 0 Å². The minimum Gasteiger partial charge on any atom is -0.208 e. The van der Waals surface area contributed by atoms with Crippen LogP contribution in [0.5, 0.6) is 0 Å². The summed E-state index contributed by atoms with van der Waals surface area (Å²) >= 11 is 6.31. The van der Waals surface area contributed by atoms with Gasteiger partial charge in [0.05, 0.1) is 4.90 Å². The summed E-state index contributed by atoms with van der Waals surface area (Å²) in [4.78, 5) is 0.343. The van der Waals surface area contributed by atoms with E-state index < -0.39 is 10.0 Å². The highest BCUT2D eigenvalue weighted by molar-refractivity contribution is 7.89. The average Bonchev–Trinajstić information content (AvgIpc) is 2.65. The fourth-order valence-corrected chi connectivity index (χ4v) is 8.83. The van der Waals surface area contributed by atoms with Gasteiger partial charge in [-0.05, 0) is 80.2 Å². The molecule has 3 nitrogen and oxygen atoms in total. The maximum absolute atomic E-state index is 13.5. The molecule has 4 aliphatic carbocycles. The minimum atomic E-state index is -3.62. The number of hydrogen-bond donors (Lipinski definition) is 1. The molecule has 1 atom stereocenters. The van der Waals surface area contributed by atoms with Crippen LogP contribution in [0, 0.1) is 23.2 Å². The van der Waals surface area contributed by atoms with E-state index in [1.807, 2.05) is 24.3 Å². The molecule has 0 aromatic heterocycles. The van der Waals surface area contributed by atoms with Crippen molar-refractivity contribution >= 4 is 32.4 Å². The molecule has 4 saturated carbocycles. The summed E-state index contributed by atoms with van der Waals surface area (Å²) in [5, 5.41) is 2.07. The van der Waals surface area contributed by atoms with Crippen LogP contribution in [-0.4, -0.2) is 14.5 Å². The quantitative estimate of drug-likeness (QED) is 0.671. The topological polar surface area (TPSA) is 46.2 Å². The Balaban J connectivity index is 1.50. The van der Waals surface area contributed by atoms with Crippen LogP contribution in [0.15, 0.2) is 41.3 Å². The van der Waals surface area contributed by atoms with E-state index in [0.29, 0.717) is 15.3 Å². The Morgan fingerprint density at radius 2 is 1.57 bits per heavy atom. The van der Waals surface area contributed by atoms with Crippen LogP contribution in [0.2, 0.25) is 5.02 Å². The predicted molar refractivity (Wildman–Crippen MR) is 114 cm³/mol. The number of sulfonamides is 1. The van der Waals surface area contributed by atoms with Gasteiger partial charge >= 0.3 is 0 Å². The molecule has 0 heterocycles. The average molecular weight is 418 g/mol. The number of nitrogens with one attached hydrogen (secondary N) is 1. The highest BCUT2D eigenvalue weighted by atomic mass is 35.5. The van der Waals surface area contributed by atoms with Crippen molar-refractivity contribution in [2.24, 2.45) is 23.2 Å². The van der Waals surface area contributed by atoms with E-state index in [-0.39, 0.29) is 11.5 Å². The molecule has 1 N–H and O–H groups in total. The number of halogens is 1. The lowest BCUT2D eigenvalue weighted by molar-refractivity contribution is -0.0704. The Hall–Kier alpha value is -1.10. The van der Waals surface area contributed by atoms with Gasteiger partial charge in [-0.15, -0.1) is 0 Å². The number of fused-ring (bicyclic) bond motifs is 1. The first-order chi connectivity index (χ1) is 13.4. The monoisotopic (exact) mass is 417 g/mol. The molecule has 0 aliphatic heterocycles. The summed E-state index contributed by atoms with van der Waals surface area (Å²) < 4.78 is 30.1. The first kappa shape index (κ1) is 18.9. The smallest absolute Gasteiger partial charge is 0.208 e. The highest BCUT2D eigenvalue weighted by Gasteiger charge is 2.54. The number of hydrogen-bond acceptors (Lipinski definition) is 2. The van der Waals surface area contributed by atoms with Gasteiger partial charge in [0.1, 0.15) is 0 Å².